The molecule has 7 heteroatoms. The summed E-state index contributed by atoms with van der Waals surface area (Å²) in [6.45, 7) is 5.74. The molecule has 1 N–H and O–H groups in total. The smallest absolute Gasteiger partial charge is 0.280 e. The number of para-hydroxylation sites is 1. The number of nitro benzene ring substituents is 1. The van der Waals surface area contributed by atoms with Gasteiger partial charge in [0.1, 0.15) is 23.2 Å². The van der Waals surface area contributed by atoms with E-state index >= 15 is 0 Å². The van der Waals surface area contributed by atoms with Crippen LogP contribution in [0, 0.1) is 42.2 Å². The van der Waals surface area contributed by atoms with Crippen LogP contribution in [-0.4, -0.2) is 10.8 Å². The Morgan fingerprint density at radius 2 is 1.80 bits per heavy atom. The fourth-order valence-corrected chi connectivity index (χ4v) is 3.27. The molecular weight excluding hydrogens is 382 g/mol. The number of rotatable bonds is 5. The lowest BCUT2D eigenvalue weighted by Crippen LogP contribution is -2.15. The molecule has 1 heterocycles. The van der Waals surface area contributed by atoms with E-state index in [-0.39, 0.29) is 22.8 Å². The molecule has 0 atom stereocenters. The van der Waals surface area contributed by atoms with Crippen LogP contribution in [-0.2, 0) is 4.79 Å². The molecule has 0 fully saturated rings. The summed E-state index contributed by atoms with van der Waals surface area (Å²) in [5.74, 6) is -0.0418. The number of carbonyl (C=O) groups is 1. The zero-order valence-corrected chi connectivity index (χ0v) is 16.7. The van der Waals surface area contributed by atoms with Crippen molar-refractivity contribution in [3.05, 3.63) is 86.7 Å². The third-order valence-corrected chi connectivity index (χ3v) is 4.56. The maximum Gasteiger partial charge on any atom is 0.280 e. The zero-order chi connectivity index (χ0) is 21.8. The number of anilines is 1. The van der Waals surface area contributed by atoms with Crippen LogP contribution in [0.1, 0.15) is 22.5 Å². The minimum absolute atomic E-state index is 0.0917. The normalized spacial score (nSPS) is 11.1. The van der Waals surface area contributed by atoms with Crippen molar-refractivity contribution in [3.8, 4) is 17.4 Å². The van der Waals surface area contributed by atoms with E-state index in [0.717, 1.165) is 16.7 Å². The number of amides is 1. The van der Waals surface area contributed by atoms with Crippen LogP contribution in [0.5, 0.6) is 0 Å². The summed E-state index contributed by atoms with van der Waals surface area (Å²) in [4.78, 5) is 23.4. The van der Waals surface area contributed by atoms with Gasteiger partial charge in [-0.15, -0.1) is 0 Å². The molecule has 30 heavy (non-hydrogen) atoms. The summed E-state index contributed by atoms with van der Waals surface area (Å²) < 4.78 is 5.64. The number of nitriles is 1. The molecule has 0 aliphatic carbocycles. The SMILES string of the molecule is Cc1cc(C)c(NC(=O)C(C#N)=Cc2ccc(-c3ccccc3[N+](=O)[O-])o2)c(C)c1. The van der Waals surface area contributed by atoms with Gasteiger partial charge >= 0.3 is 0 Å². The lowest BCUT2D eigenvalue weighted by atomic mass is 10.0. The highest BCUT2D eigenvalue weighted by Crippen LogP contribution is 2.31. The van der Waals surface area contributed by atoms with E-state index in [2.05, 4.69) is 5.32 Å². The molecule has 0 radical (unpaired) electrons. The molecule has 150 valence electrons. The van der Waals surface area contributed by atoms with E-state index in [9.17, 15) is 20.2 Å². The lowest BCUT2D eigenvalue weighted by Gasteiger charge is -2.12. The van der Waals surface area contributed by atoms with Crippen molar-refractivity contribution < 1.29 is 14.1 Å². The molecule has 0 aliphatic heterocycles. The fraction of sp³-hybridized carbons (Fsp3) is 0.130. The third-order valence-electron chi connectivity index (χ3n) is 4.56. The van der Waals surface area contributed by atoms with E-state index in [0.29, 0.717) is 11.3 Å². The average molecular weight is 401 g/mol. The number of furan rings is 1. The minimum atomic E-state index is -0.559. The first-order valence-corrected chi connectivity index (χ1v) is 9.14. The fourth-order valence-electron chi connectivity index (χ4n) is 3.27. The zero-order valence-electron chi connectivity index (χ0n) is 16.7. The Hall–Kier alpha value is -4.18. The standard InChI is InChI=1S/C23H19N3O4/c1-14-10-15(2)22(16(3)11-14)25-23(27)17(13-24)12-18-8-9-21(30-18)19-6-4-5-7-20(19)26(28)29/h4-12H,1-3H3,(H,25,27). The molecule has 1 amide bonds. The summed E-state index contributed by atoms with van der Waals surface area (Å²) in [6, 6.07) is 15.1. The van der Waals surface area contributed by atoms with Gasteiger partial charge < -0.3 is 9.73 Å². The van der Waals surface area contributed by atoms with E-state index in [4.69, 9.17) is 4.42 Å². The van der Waals surface area contributed by atoms with Crippen molar-refractivity contribution in [1.29, 1.82) is 5.26 Å². The van der Waals surface area contributed by atoms with Crippen molar-refractivity contribution in [1.82, 2.24) is 0 Å². The first-order chi connectivity index (χ1) is 14.3. The number of nitrogens with one attached hydrogen (secondary N) is 1. The summed E-state index contributed by atoms with van der Waals surface area (Å²) >= 11 is 0. The minimum Gasteiger partial charge on any atom is -0.456 e. The highest BCUT2D eigenvalue weighted by Gasteiger charge is 2.18. The number of hydrogen-bond donors (Lipinski definition) is 1. The molecule has 0 saturated carbocycles. The molecule has 3 rings (SSSR count). The van der Waals surface area contributed by atoms with Gasteiger partial charge in [-0.25, -0.2) is 0 Å². The highest BCUT2D eigenvalue weighted by atomic mass is 16.6. The van der Waals surface area contributed by atoms with E-state index in [1.54, 1.807) is 30.3 Å². The van der Waals surface area contributed by atoms with Crippen molar-refractivity contribution >= 4 is 23.4 Å². The summed E-state index contributed by atoms with van der Waals surface area (Å²) in [5, 5.41) is 23.4. The molecular formula is C23H19N3O4. The van der Waals surface area contributed by atoms with Crippen molar-refractivity contribution in [2.24, 2.45) is 0 Å². The van der Waals surface area contributed by atoms with Gasteiger partial charge in [0.2, 0.25) is 0 Å². The van der Waals surface area contributed by atoms with Gasteiger partial charge in [0.05, 0.1) is 10.5 Å². The van der Waals surface area contributed by atoms with Crippen LogP contribution < -0.4 is 5.32 Å². The highest BCUT2D eigenvalue weighted by molar-refractivity contribution is 6.10. The molecule has 0 aliphatic rings. The number of nitro groups is 1. The Labute approximate surface area is 173 Å². The van der Waals surface area contributed by atoms with Crippen LogP contribution >= 0.6 is 0 Å². The van der Waals surface area contributed by atoms with Crippen LogP contribution in [0.4, 0.5) is 11.4 Å². The van der Waals surface area contributed by atoms with Crippen LogP contribution in [0.25, 0.3) is 17.4 Å². The molecule has 0 saturated heterocycles. The predicted octanol–water partition coefficient (Wildman–Crippen LogP) is 5.33. The average Bonchev–Trinajstić information content (AvgIpc) is 3.17. The number of benzene rings is 2. The quantitative estimate of drug-likeness (QED) is 0.269. The molecule has 2 aromatic carbocycles. The number of nitrogens with zero attached hydrogens (tertiary/aromatic N) is 2. The third kappa shape index (κ3) is 4.28. The van der Waals surface area contributed by atoms with Crippen LogP contribution in [0.3, 0.4) is 0 Å². The summed E-state index contributed by atoms with van der Waals surface area (Å²) in [7, 11) is 0. The maximum absolute atomic E-state index is 12.6. The Morgan fingerprint density at radius 1 is 1.13 bits per heavy atom. The molecule has 0 unspecified atom stereocenters. The van der Waals surface area contributed by atoms with Gasteiger partial charge in [0, 0.05) is 17.8 Å². The first-order valence-electron chi connectivity index (χ1n) is 9.14. The van der Waals surface area contributed by atoms with Crippen LogP contribution in [0.2, 0.25) is 0 Å². The number of carbonyl (C=O) groups excluding carboxylic acids is 1. The van der Waals surface area contributed by atoms with Gasteiger partial charge in [-0.1, -0.05) is 29.8 Å². The van der Waals surface area contributed by atoms with Crippen molar-refractivity contribution in [3.63, 3.8) is 0 Å². The molecule has 0 bridgehead atoms. The number of aryl methyl sites for hydroxylation is 3. The monoisotopic (exact) mass is 401 g/mol. The Balaban J connectivity index is 1.89. The van der Waals surface area contributed by atoms with Gasteiger partial charge in [0.25, 0.3) is 11.6 Å². The predicted molar refractivity (Wildman–Crippen MR) is 114 cm³/mol. The molecule has 1 aromatic heterocycles. The molecule has 0 spiro atoms. The van der Waals surface area contributed by atoms with Crippen LogP contribution in [0.15, 0.2) is 58.5 Å². The van der Waals surface area contributed by atoms with E-state index < -0.39 is 10.8 Å². The Kier molecular flexibility index (Phi) is 5.79. The number of hydrogen-bond acceptors (Lipinski definition) is 5. The topological polar surface area (TPSA) is 109 Å². The lowest BCUT2D eigenvalue weighted by molar-refractivity contribution is -0.384. The van der Waals surface area contributed by atoms with Gasteiger partial charge in [-0.3, -0.25) is 14.9 Å². The van der Waals surface area contributed by atoms with Crippen molar-refractivity contribution in [2.75, 3.05) is 5.32 Å². The second-order valence-corrected chi connectivity index (χ2v) is 6.87. The molecule has 3 aromatic rings. The summed E-state index contributed by atoms with van der Waals surface area (Å²) in [6.07, 6.45) is 1.31. The van der Waals surface area contributed by atoms with Gasteiger partial charge in [-0.05, 0) is 50.1 Å². The largest absolute Gasteiger partial charge is 0.456 e. The van der Waals surface area contributed by atoms with E-state index in [1.807, 2.05) is 39.0 Å². The Morgan fingerprint density at radius 3 is 2.43 bits per heavy atom. The van der Waals surface area contributed by atoms with Crippen molar-refractivity contribution in [2.45, 2.75) is 20.8 Å². The van der Waals surface area contributed by atoms with Gasteiger partial charge in [0.15, 0.2) is 0 Å². The second-order valence-electron chi connectivity index (χ2n) is 6.87. The Bertz CT molecular complexity index is 1190. The first kappa shape index (κ1) is 20.6. The molecule has 7 nitrogen and oxygen atoms in total. The second kappa shape index (κ2) is 8.45. The van der Waals surface area contributed by atoms with Gasteiger partial charge in [-0.2, -0.15) is 5.26 Å². The summed E-state index contributed by atoms with van der Waals surface area (Å²) in [5.41, 5.74) is 3.62. The maximum atomic E-state index is 12.6. The van der Waals surface area contributed by atoms with E-state index in [1.165, 1.54) is 12.1 Å².